The van der Waals surface area contributed by atoms with Crippen molar-refractivity contribution in [1.29, 1.82) is 0 Å². The Morgan fingerprint density at radius 1 is 1.10 bits per heavy atom. The molecule has 3 saturated carbocycles. The van der Waals surface area contributed by atoms with E-state index in [1.54, 1.807) is 0 Å². The number of nitrogens with one attached hydrogen (secondary N) is 1. The van der Waals surface area contributed by atoms with Gasteiger partial charge in [0.15, 0.2) is 0 Å². The maximum atomic E-state index is 9.46. The van der Waals surface area contributed by atoms with Gasteiger partial charge in [-0.05, 0) is 73.5 Å². The molecule has 2 bridgehead atoms. The molecule has 3 fully saturated rings. The van der Waals surface area contributed by atoms with Gasteiger partial charge in [-0.15, -0.1) is 0 Å². The Labute approximate surface area is 128 Å². The average Bonchev–Trinajstić information content (AvgIpc) is 3.18. The summed E-state index contributed by atoms with van der Waals surface area (Å²) in [4.78, 5) is 0. The molecule has 0 heterocycles. The van der Waals surface area contributed by atoms with Gasteiger partial charge in [-0.25, -0.2) is 0 Å². The lowest BCUT2D eigenvalue weighted by atomic mass is 9.78. The van der Waals surface area contributed by atoms with Crippen molar-refractivity contribution in [2.24, 2.45) is 23.7 Å². The Kier molecular flexibility index (Phi) is 3.45. The van der Waals surface area contributed by atoms with Gasteiger partial charge in [0.05, 0.1) is 0 Å². The second kappa shape index (κ2) is 5.31. The monoisotopic (exact) mass is 285 g/mol. The van der Waals surface area contributed by atoms with E-state index in [-0.39, 0.29) is 0 Å². The minimum Gasteiger partial charge on any atom is -0.508 e. The highest BCUT2D eigenvalue weighted by molar-refractivity contribution is 5.28. The molecule has 0 radical (unpaired) electrons. The summed E-state index contributed by atoms with van der Waals surface area (Å²) >= 11 is 0. The minimum absolute atomic E-state index is 0.363. The van der Waals surface area contributed by atoms with E-state index in [4.69, 9.17) is 0 Å². The van der Waals surface area contributed by atoms with E-state index in [9.17, 15) is 5.11 Å². The summed E-state index contributed by atoms with van der Waals surface area (Å²) in [7, 11) is 0. The van der Waals surface area contributed by atoms with Crippen LogP contribution in [0.15, 0.2) is 24.3 Å². The maximum absolute atomic E-state index is 9.46. The van der Waals surface area contributed by atoms with Gasteiger partial charge in [-0.1, -0.05) is 25.5 Å². The predicted molar refractivity (Wildman–Crippen MR) is 85.1 cm³/mol. The van der Waals surface area contributed by atoms with E-state index in [1.165, 1.54) is 37.7 Å². The van der Waals surface area contributed by atoms with Crippen LogP contribution < -0.4 is 5.32 Å². The Morgan fingerprint density at radius 2 is 1.86 bits per heavy atom. The number of benzene rings is 1. The molecule has 0 aliphatic heterocycles. The first kappa shape index (κ1) is 13.6. The van der Waals surface area contributed by atoms with Crippen LogP contribution in [0, 0.1) is 23.7 Å². The molecule has 21 heavy (non-hydrogen) atoms. The van der Waals surface area contributed by atoms with Gasteiger partial charge in [0.2, 0.25) is 0 Å². The van der Waals surface area contributed by atoms with Gasteiger partial charge >= 0.3 is 0 Å². The molecule has 0 amide bonds. The summed E-state index contributed by atoms with van der Waals surface area (Å²) in [6, 6.07) is 8.94. The molecular weight excluding hydrogens is 258 g/mol. The van der Waals surface area contributed by atoms with Gasteiger partial charge in [0.1, 0.15) is 5.75 Å². The number of rotatable bonds is 4. The Morgan fingerprint density at radius 3 is 2.62 bits per heavy atom. The normalized spacial score (nSPS) is 38.6. The molecule has 2 heteroatoms. The van der Waals surface area contributed by atoms with Crippen LogP contribution in [0.2, 0.25) is 0 Å². The Hall–Kier alpha value is -1.02. The average molecular weight is 285 g/mol. The van der Waals surface area contributed by atoms with Crippen molar-refractivity contribution in [2.75, 3.05) is 0 Å². The zero-order valence-corrected chi connectivity index (χ0v) is 13.0. The first-order chi connectivity index (χ1) is 10.3. The summed E-state index contributed by atoms with van der Waals surface area (Å²) in [6.45, 7) is 2.26. The fourth-order valence-corrected chi connectivity index (χ4v) is 5.67. The quantitative estimate of drug-likeness (QED) is 0.866. The summed E-state index contributed by atoms with van der Waals surface area (Å²) in [5.74, 6) is 4.41. The molecule has 3 aliphatic rings. The zero-order valence-electron chi connectivity index (χ0n) is 13.0. The van der Waals surface area contributed by atoms with E-state index in [1.807, 2.05) is 12.1 Å². The summed E-state index contributed by atoms with van der Waals surface area (Å²) < 4.78 is 0. The van der Waals surface area contributed by atoms with E-state index in [0.717, 1.165) is 36.1 Å². The van der Waals surface area contributed by atoms with Crippen molar-refractivity contribution in [3.63, 3.8) is 0 Å². The van der Waals surface area contributed by atoms with Crippen LogP contribution in [0.25, 0.3) is 0 Å². The molecule has 1 aromatic rings. The standard InChI is InChI=1S/C19H27NO/c1-2-18(12-6-8-14(21)9-7-12)20-19-11-13-10-17(19)16-5-3-4-15(13)16/h6-9,13,15-21H,2-5,10-11H2,1H3. The fourth-order valence-electron chi connectivity index (χ4n) is 5.67. The van der Waals surface area contributed by atoms with Crippen LogP contribution in [0.1, 0.15) is 57.1 Å². The second-order valence-corrected chi connectivity index (χ2v) is 7.48. The Bertz CT molecular complexity index is 497. The van der Waals surface area contributed by atoms with Gasteiger partial charge in [-0.2, -0.15) is 0 Å². The molecule has 6 unspecified atom stereocenters. The molecule has 3 aliphatic carbocycles. The lowest BCUT2D eigenvalue weighted by molar-refractivity contribution is 0.197. The van der Waals surface area contributed by atoms with Crippen molar-refractivity contribution >= 4 is 0 Å². The first-order valence-corrected chi connectivity index (χ1v) is 8.81. The third-order valence-corrected chi connectivity index (χ3v) is 6.55. The topological polar surface area (TPSA) is 32.3 Å². The highest BCUT2D eigenvalue weighted by atomic mass is 16.3. The molecular formula is C19H27NO. The molecule has 0 saturated heterocycles. The van der Waals surface area contributed by atoms with Crippen molar-refractivity contribution in [3.05, 3.63) is 29.8 Å². The van der Waals surface area contributed by atoms with Crippen molar-refractivity contribution < 1.29 is 5.11 Å². The zero-order chi connectivity index (χ0) is 14.4. The number of phenolic OH excluding ortho intramolecular Hbond substituents is 1. The van der Waals surface area contributed by atoms with Crippen LogP contribution in [-0.2, 0) is 0 Å². The number of hydrogen-bond acceptors (Lipinski definition) is 2. The molecule has 2 nitrogen and oxygen atoms in total. The van der Waals surface area contributed by atoms with E-state index in [0.29, 0.717) is 11.8 Å². The SMILES string of the molecule is CCC(NC1CC2CC1C1CCCC21)c1ccc(O)cc1. The third-order valence-electron chi connectivity index (χ3n) is 6.55. The number of phenols is 1. The van der Waals surface area contributed by atoms with E-state index >= 15 is 0 Å². The maximum Gasteiger partial charge on any atom is 0.115 e. The van der Waals surface area contributed by atoms with Crippen molar-refractivity contribution in [2.45, 2.75) is 57.5 Å². The van der Waals surface area contributed by atoms with Crippen LogP contribution in [-0.4, -0.2) is 11.1 Å². The van der Waals surface area contributed by atoms with Gasteiger partial charge in [-0.3, -0.25) is 0 Å². The van der Waals surface area contributed by atoms with Crippen LogP contribution in [0.3, 0.4) is 0 Å². The smallest absolute Gasteiger partial charge is 0.115 e. The summed E-state index contributed by atoms with van der Waals surface area (Å²) in [5, 5.41) is 13.4. The molecule has 6 atom stereocenters. The van der Waals surface area contributed by atoms with Gasteiger partial charge in [0.25, 0.3) is 0 Å². The highest BCUT2D eigenvalue weighted by Gasteiger charge is 2.53. The van der Waals surface area contributed by atoms with Gasteiger partial charge < -0.3 is 10.4 Å². The third kappa shape index (κ3) is 2.28. The summed E-state index contributed by atoms with van der Waals surface area (Å²) in [6.07, 6.45) is 8.48. The fraction of sp³-hybridized carbons (Fsp3) is 0.684. The van der Waals surface area contributed by atoms with Crippen LogP contribution >= 0.6 is 0 Å². The Balaban J connectivity index is 1.46. The highest BCUT2D eigenvalue weighted by Crippen LogP contribution is 2.58. The molecule has 4 rings (SSSR count). The minimum atomic E-state index is 0.363. The molecule has 0 spiro atoms. The first-order valence-electron chi connectivity index (χ1n) is 8.81. The predicted octanol–water partition coefficient (Wildman–Crippen LogP) is 4.26. The molecule has 0 aromatic heterocycles. The van der Waals surface area contributed by atoms with Crippen molar-refractivity contribution in [1.82, 2.24) is 5.32 Å². The number of hydrogen-bond donors (Lipinski definition) is 2. The lowest BCUT2D eigenvalue weighted by Gasteiger charge is -2.34. The van der Waals surface area contributed by atoms with Crippen molar-refractivity contribution in [3.8, 4) is 5.75 Å². The second-order valence-electron chi connectivity index (χ2n) is 7.48. The van der Waals surface area contributed by atoms with Gasteiger partial charge in [0, 0.05) is 12.1 Å². The van der Waals surface area contributed by atoms with Crippen LogP contribution in [0.5, 0.6) is 5.75 Å². The largest absolute Gasteiger partial charge is 0.508 e. The molecule has 2 N–H and O–H groups in total. The molecule has 114 valence electrons. The van der Waals surface area contributed by atoms with E-state index in [2.05, 4.69) is 24.4 Å². The van der Waals surface area contributed by atoms with Crippen LogP contribution in [0.4, 0.5) is 0 Å². The summed E-state index contributed by atoms with van der Waals surface area (Å²) in [5.41, 5.74) is 1.32. The molecule has 1 aromatic carbocycles. The number of fused-ring (bicyclic) bond motifs is 5. The lowest BCUT2D eigenvalue weighted by Crippen LogP contribution is -2.41. The number of aromatic hydroxyl groups is 1. The van der Waals surface area contributed by atoms with E-state index < -0.39 is 0 Å².